The normalized spacial score (nSPS) is 15.0. The summed E-state index contributed by atoms with van der Waals surface area (Å²) >= 11 is 0. The fourth-order valence-corrected chi connectivity index (χ4v) is 2.65. The molecule has 0 saturated heterocycles. The van der Waals surface area contributed by atoms with Crippen molar-refractivity contribution in [2.24, 2.45) is 0 Å². The first-order chi connectivity index (χ1) is 9.31. The second-order valence-electron chi connectivity index (χ2n) is 5.28. The van der Waals surface area contributed by atoms with E-state index in [9.17, 15) is 4.39 Å². The molecule has 19 heavy (non-hydrogen) atoms. The van der Waals surface area contributed by atoms with E-state index in [0.29, 0.717) is 5.92 Å². The third-order valence-electron chi connectivity index (χ3n) is 3.84. The minimum absolute atomic E-state index is 0.0615. The van der Waals surface area contributed by atoms with Crippen LogP contribution in [0.5, 0.6) is 0 Å². The van der Waals surface area contributed by atoms with Crippen molar-refractivity contribution in [2.75, 3.05) is 0 Å². The summed E-state index contributed by atoms with van der Waals surface area (Å²) in [5.41, 5.74) is 4.08. The van der Waals surface area contributed by atoms with E-state index in [1.165, 1.54) is 0 Å². The largest absolute Gasteiger partial charge is 0.355 e. The zero-order chi connectivity index (χ0) is 12.8. The maximum atomic E-state index is 14.0. The van der Waals surface area contributed by atoms with Gasteiger partial charge < -0.3 is 4.98 Å². The third kappa shape index (κ3) is 1.84. The van der Waals surface area contributed by atoms with Gasteiger partial charge >= 0.3 is 0 Å². The zero-order valence-corrected chi connectivity index (χ0v) is 10.5. The van der Waals surface area contributed by atoms with Crippen LogP contribution in [-0.2, 0) is 0 Å². The lowest BCUT2D eigenvalue weighted by Crippen LogP contribution is -1.86. The van der Waals surface area contributed by atoms with E-state index < -0.39 is 0 Å². The van der Waals surface area contributed by atoms with Crippen LogP contribution in [0.2, 0.25) is 0 Å². The van der Waals surface area contributed by atoms with E-state index in [-0.39, 0.29) is 5.82 Å². The van der Waals surface area contributed by atoms with Crippen molar-refractivity contribution >= 4 is 10.9 Å². The Morgan fingerprint density at radius 2 is 1.79 bits per heavy atom. The average Bonchev–Trinajstić information content (AvgIpc) is 3.19. The molecule has 0 amide bonds. The SMILES string of the molecule is Fc1cc2cc(-c3ccccc3)[nH]c2cc1C1CC1. The average molecular weight is 251 g/mol. The number of aromatic nitrogens is 1. The Balaban J connectivity index is 1.87. The van der Waals surface area contributed by atoms with Crippen molar-refractivity contribution in [2.45, 2.75) is 18.8 Å². The summed E-state index contributed by atoms with van der Waals surface area (Å²) in [6.45, 7) is 0. The fraction of sp³-hybridized carbons (Fsp3) is 0.176. The smallest absolute Gasteiger partial charge is 0.127 e. The van der Waals surface area contributed by atoms with Gasteiger partial charge in [0.05, 0.1) is 0 Å². The molecule has 0 aliphatic heterocycles. The van der Waals surface area contributed by atoms with Crippen LogP contribution in [0.15, 0.2) is 48.5 Å². The van der Waals surface area contributed by atoms with Crippen LogP contribution in [0.3, 0.4) is 0 Å². The van der Waals surface area contributed by atoms with Crippen molar-refractivity contribution in [1.29, 1.82) is 0 Å². The van der Waals surface area contributed by atoms with Gasteiger partial charge in [-0.25, -0.2) is 4.39 Å². The number of hydrogen-bond acceptors (Lipinski definition) is 0. The Labute approximate surface area is 111 Å². The molecule has 4 rings (SSSR count). The van der Waals surface area contributed by atoms with Crippen LogP contribution >= 0.6 is 0 Å². The van der Waals surface area contributed by atoms with Crippen molar-refractivity contribution in [1.82, 2.24) is 4.98 Å². The number of H-pyrrole nitrogens is 1. The van der Waals surface area contributed by atoms with Gasteiger partial charge in [0, 0.05) is 16.6 Å². The molecular formula is C17H14FN. The lowest BCUT2D eigenvalue weighted by Gasteiger charge is -2.00. The van der Waals surface area contributed by atoms with E-state index >= 15 is 0 Å². The molecule has 1 fully saturated rings. The Morgan fingerprint density at radius 3 is 2.53 bits per heavy atom. The van der Waals surface area contributed by atoms with Gasteiger partial charge in [-0.1, -0.05) is 30.3 Å². The summed E-state index contributed by atoms with van der Waals surface area (Å²) in [4.78, 5) is 3.40. The molecule has 94 valence electrons. The molecule has 1 heterocycles. The summed E-state index contributed by atoms with van der Waals surface area (Å²) in [6, 6.07) is 15.8. The van der Waals surface area contributed by atoms with E-state index in [0.717, 1.165) is 40.6 Å². The Hall–Kier alpha value is -2.09. The van der Waals surface area contributed by atoms with Crippen LogP contribution in [0.25, 0.3) is 22.2 Å². The number of fused-ring (bicyclic) bond motifs is 1. The number of hydrogen-bond donors (Lipinski definition) is 1. The molecular weight excluding hydrogens is 237 g/mol. The second kappa shape index (κ2) is 3.95. The molecule has 1 N–H and O–H groups in total. The zero-order valence-electron chi connectivity index (χ0n) is 10.5. The minimum Gasteiger partial charge on any atom is -0.355 e. The molecule has 1 nitrogen and oxygen atoms in total. The van der Waals surface area contributed by atoms with Crippen molar-refractivity contribution in [3.8, 4) is 11.3 Å². The van der Waals surface area contributed by atoms with E-state index in [2.05, 4.69) is 17.1 Å². The molecule has 0 radical (unpaired) electrons. The monoisotopic (exact) mass is 251 g/mol. The molecule has 0 bridgehead atoms. The first-order valence-electron chi connectivity index (χ1n) is 6.69. The Kier molecular flexibility index (Phi) is 2.25. The van der Waals surface area contributed by atoms with Gasteiger partial charge in [0.15, 0.2) is 0 Å². The molecule has 1 saturated carbocycles. The molecule has 0 unspecified atom stereocenters. The number of rotatable bonds is 2. The lowest BCUT2D eigenvalue weighted by atomic mass is 10.1. The van der Waals surface area contributed by atoms with Gasteiger partial charge in [-0.3, -0.25) is 0 Å². The van der Waals surface area contributed by atoms with E-state index in [1.54, 1.807) is 6.07 Å². The molecule has 0 atom stereocenters. The molecule has 1 aliphatic carbocycles. The van der Waals surface area contributed by atoms with Crippen LogP contribution < -0.4 is 0 Å². The molecule has 0 spiro atoms. The molecule has 1 aromatic heterocycles. The van der Waals surface area contributed by atoms with Gasteiger partial charge in [0.2, 0.25) is 0 Å². The maximum Gasteiger partial charge on any atom is 0.127 e. The van der Waals surface area contributed by atoms with Gasteiger partial charge in [0.1, 0.15) is 5.82 Å². The number of halogens is 1. The van der Waals surface area contributed by atoms with E-state index in [1.807, 2.05) is 30.3 Å². The summed E-state index contributed by atoms with van der Waals surface area (Å²) in [5.74, 6) is 0.376. The van der Waals surface area contributed by atoms with Gasteiger partial charge in [-0.05, 0) is 48.1 Å². The standard InChI is InChI=1S/C17H14FN/c18-15-8-13-9-16(12-4-2-1-3-5-12)19-17(13)10-14(15)11-6-7-11/h1-5,8-11,19H,6-7H2. The van der Waals surface area contributed by atoms with Crippen LogP contribution in [0.1, 0.15) is 24.3 Å². The highest BCUT2D eigenvalue weighted by atomic mass is 19.1. The minimum atomic E-state index is -0.0615. The van der Waals surface area contributed by atoms with Gasteiger partial charge in [0.25, 0.3) is 0 Å². The summed E-state index contributed by atoms with van der Waals surface area (Å²) in [6.07, 6.45) is 2.24. The Bertz CT molecular complexity index is 739. The molecule has 3 aromatic rings. The lowest BCUT2D eigenvalue weighted by molar-refractivity contribution is 0.613. The first kappa shape index (κ1) is 10.8. The molecule has 1 aliphatic rings. The number of aromatic amines is 1. The van der Waals surface area contributed by atoms with E-state index in [4.69, 9.17) is 0 Å². The predicted octanol–water partition coefficient (Wildman–Crippen LogP) is 4.85. The predicted molar refractivity (Wildman–Crippen MR) is 75.7 cm³/mol. The topological polar surface area (TPSA) is 15.8 Å². The summed E-state index contributed by atoms with van der Waals surface area (Å²) < 4.78 is 14.0. The number of nitrogens with one attached hydrogen (secondary N) is 1. The highest BCUT2D eigenvalue weighted by molar-refractivity contribution is 5.86. The van der Waals surface area contributed by atoms with Gasteiger partial charge in [-0.2, -0.15) is 0 Å². The van der Waals surface area contributed by atoms with Crippen LogP contribution in [0.4, 0.5) is 4.39 Å². The van der Waals surface area contributed by atoms with Crippen molar-refractivity contribution in [3.63, 3.8) is 0 Å². The summed E-state index contributed by atoms with van der Waals surface area (Å²) in [7, 11) is 0. The van der Waals surface area contributed by atoms with Crippen molar-refractivity contribution < 1.29 is 4.39 Å². The maximum absolute atomic E-state index is 14.0. The second-order valence-corrected chi connectivity index (χ2v) is 5.28. The molecule has 2 aromatic carbocycles. The van der Waals surface area contributed by atoms with Gasteiger partial charge in [-0.15, -0.1) is 0 Å². The number of benzene rings is 2. The quantitative estimate of drug-likeness (QED) is 0.670. The molecule has 2 heteroatoms. The van der Waals surface area contributed by atoms with Crippen LogP contribution in [0, 0.1) is 5.82 Å². The Morgan fingerprint density at radius 1 is 1.00 bits per heavy atom. The fourth-order valence-electron chi connectivity index (χ4n) is 2.65. The van der Waals surface area contributed by atoms with Crippen molar-refractivity contribution in [3.05, 3.63) is 59.9 Å². The van der Waals surface area contributed by atoms with Crippen LogP contribution in [-0.4, -0.2) is 4.98 Å². The highest BCUT2D eigenvalue weighted by Crippen LogP contribution is 2.42. The highest BCUT2D eigenvalue weighted by Gasteiger charge is 2.27. The summed E-state index contributed by atoms with van der Waals surface area (Å²) in [5, 5.41) is 0.945. The first-order valence-corrected chi connectivity index (χ1v) is 6.69. The third-order valence-corrected chi connectivity index (χ3v) is 3.84.